The monoisotopic (exact) mass is 213 g/mol. The molecule has 0 rings (SSSR count). The number of methoxy groups -OCH3 is 1. The van der Waals surface area contributed by atoms with Crippen LogP contribution in [0.3, 0.4) is 0 Å². The molecular formula is C10H15NO4. The Kier molecular flexibility index (Phi) is 7.02. The first-order valence-electron chi connectivity index (χ1n) is 4.56. The summed E-state index contributed by atoms with van der Waals surface area (Å²) in [7, 11) is 1.37. The van der Waals surface area contributed by atoms with Crippen molar-refractivity contribution in [3.63, 3.8) is 0 Å². The number of rotatable bonds is 7. The highest BCUT2D eigenvalue weighted by atomic mass is 16.5. The summed E-state index contributed by atoms with van der Waals surface area (Å²) in [5.74, 6) is 0.912. The van der Waals surface area contributed by atoms with E-state index in [2.05, 4.69) is 16.0 Å². The highest BCUT2D eigenvalue weighted by molar-refractivity contribution is 5.84. The summed E-state index contributed by atoms with van der Waals surface area (Å²) in [5.41, 5.74) is 0. The molecule has 0 saturated heterocycles. The second-order valence-corrected chi connectivity index (χ2v) is 2.99. The van der Waals surface area contributed by atoms with E-state index in [1.165, 1.54) is 7.11 Å². The van der Waals surface area contributed by atoms with Gasteiger partial charge in [-0.15, -0.1) is 12.3 Å². The number of carbonyl (C=O) groups excluding carboxylic acids is 1. The topological polar surface area (TPSA) is 75.6 Å². The van der Waals surface area contributed by atoms with Crippen LogP contribution in [-0.2, 0) is 14.3 Å². The van der Waals surface area contributed by atoms with Crippen molar-refractivity contribution in [3.05, 3.63) is 0 Å². The number of hydrogen-bond donors (Lipinski definition) is 2. The van der Waals surface area contributed by atoms with Crippen molar-refractivity contribution in [1.29, 1.82) is 0 Å². The molecule has 84 valence electrons. The Morgan fingerprint density at radius 1 is 1.60 bits per heavy atom. The molecule has 5 nitrogen and oxygen atoms in total. The maximum Gasteiger partial charge on any atom is 0.326 e. The molecule has 0 heterocycles. The number of unbranched alkanes of at least 4 members (excludes halogenated alkanes) is 1. The predicted octanol–water partition coefficient (Wildman–Crippen LogP) is 0.00570. The minimum atomic E-state index is -1.06. The lowest BCUT2D eigenvalue weighted by atomic mass is 10.1. The van der Waals surface area contributed by atoms with Crippen LogP contribution in [0.25, 0.3) is 0 Å². The molecule has 1 amide bonds. The smallest absolute Gasteiger partial charge is 0.326 e. The van der Waals surface area contributed by atoms with Crippen molar-refractivity contribution >= 4 is 11.9 Å². The van der Waals surface area contributed by atoms with Gasteiger partial charge in [0.1, 0.15) is 12.6 Å². The first-order valence-corrected chi connectivity index (χ1v) is 4.56. The molecular weight excluding hydrogens is 198 g/mol. The zero-order valence-electron chi connectivity index (χ0n) is 8.66. The minimum absolute atomic E-state index is 0.140. The molecule has 5 heteroatoms. The molecule has 0 radical (unpaired) electrons. The third-order valence-electron chi connectivity index (χ3n) is 1.72. The Morgan fingerprint density at radius 3 is 2.73 bits per heavy atom. The average molecular weight is 213 g/mol. The number of terminal acetylenes is 1. The van der Waals surface area contributed by atoms with Crippen LogP contribution in [0.2, 0.25) is 0 Å². The van der Waals surface area contributed by atoms with E-state index in [9.17, 15) is 9.59 Å². The van der Waals surface area contributed by atoms with Gasteiger partial charge in [0.2, 0.25) is 5.91 Å². The summed E-state index contributed by atoms with van der Waals surface area (Å²) in [4.78, 5) is 21.8. The molecule has 0 spiro atoms. The number of nitrogens with one attached hydrogen (secondary N) is 1. The number of carbonyl (C=O) groups is 2. The molecule has 2 N–H and O–H groups in total. The molecule has 0 aliphatic carbocycles. The summed E-state index contributed by atoms with van der Waals surface area (Å²) >= 11 is 0. The molecule has 0 unspecified atom stereocenters. The molecule has 0 aromatic carbocycles. The lowest BCUT2D eigenvalue weighted by Gasteiger charge is -2.13. The van der Waals surface area contributed by atoms with Gasteiger partial charge in [0.15, 0.2) is 0 Å². The predicted molar refractivity (Wildman–Crippen MR) is 54.1 cm³/mol. The van der Waals surface area contributed by atoms with Gasteiger partial charge in [-0.1, -0.05) is 0 Å². The molecule has 0 saturated carbocycles. The number of hydrogen-bond acceptors (Lipinski definition) is 3. The second-order valence-electron chi connectivity index (χ2n) is 2.99. The van der Waals surface area contributed by atoms with Crippen LogP contribution in [0.4, 0.5) is 0 Å². The minimum Gasteiger partial charge on any atom is -0.480 e. The summed E-state index contributed by atoms with van der Waals surface area (Å²) in [6, 6.07) is -0.888. The summed E-state index contributed by atoms with van der Waals surface area (Å²) < 4.78 is 4.57. The Labute approximate surface area is 88.8 Å². The van der Waals surface area contributed by atoms with Crippen LogP contribution in [0, 0.1) is 12.3 Å². The van der Waals surface area contributed by atoms with Crippen molar-refractivity contribution in [2.45, 2.75) is 25.3 Å². The lowest BCUT2D eigenvalue weighted by Crippen LogP contribution is -2.42. The van der Waals surface area contributed by atoms with Gasteiger partial charge in [-0.05, 0) is 12.8 Å². The van der Waals surface area contributed by atoms with Gasteiger partial charge in [0.05, 0.1) is 0 Å². The van der Waals surface area contributed by atoms with Crippen LogP contribution >= 0.6 is 0 Å². The fourth-order valence-electron chi connectivity index (χ4n) is 1.03. The van der Waals surface area contributed by atoms with Gasteiger partial charge in [-0.25, -0.2) is 4.79 Å². The first-order chi connectivity index (χ1) is 7.11. The zero-order valence-corrected chi connectivity index (χ0v) is 8.66. The van der Waals surface area contributed by atoms with Crippen molar-refractivity contribution < 1.29 is 19.4 Å². The van der Waals surface area contributed by atoms with Gasteiger partial charge >= 0.3 is 5.97 Å². The summed E-state index contributed by atoms with van der Waals surface area (Å²) in [6.45, 7) is -0.140. The van der Waals surface area contributed by atoms with Crippen molar-refractivity contribution in [2.75, 3.05) is 13.7 Å². The van der Waals surface area contributed by atoms with Crippen LogP contribution in [0.5, 0.6) is 0 Å². The lowest BCUT2D eigenvalue weighted by molar-refractivity contribution is -0.142. The van der Waals surface area contributed by atoms with E-state index in [0.717, 1.165) is 0 Å². The van der Waals surface area contributed by atoms with E-state index >= 15 is 0 Å². The SMILES string of the molecule is C#CCCC[C@@H](NC(=O)COC)C(=O)O. The summed E-state index contributed by atoms with van der Waals surface area (Å²) in [5, 5.41) is 11.1. The van der Waals surface area contributed by atoms with E-state index in [4.69, 9.17) is 11.5 Å². The number of carboxylic acid groups (broad SMARTS) is 1. The van der Waals surface area contributed by atoms with Gasteiger partial charge in [-0.3, -0.25) is 4.79 Å². The Morgan fingerprint density at radius 2 is 2.27 bits per heavy atom. The van der Waals surface area contributed by atoms with E-state index < -0.39 is 17.9 Å². The standard InChI is InChI=1S/C10H15NO4/c1-3-4-5-6-8(10(13)14)11-9(12)7-15-2/h1,8H,4-7H2,2H3,(H,11,12)(H,13,14)/t8-/m1/s1. The third-order valence-corrected chi connectivity index (χ3v) is 1.72. The van der Waals surface area contributed by atoms with Crippen molar-refractivity contribution in [3.8, 4) is 12.3 Å². The molecule has 0 aliphatic rings. The largest absolute Gasteiger partial charge is 0.480 e. The first kappa shape index (κ1) is 13.5. The number of amides is 1. The Hall–Kier alpha value is -1.54. The van der Waals surface area contributed by atoms with Crippen LogP contribution in [0.15, 0.2) is 0 Å². The molecule has 0 aromatic heterocycles. The maximum absolute atomic E-state index is 11.1. The van der Waals surface area contributed by atoms with Gasteiger partial charge in [0, 0.05) is 13.5 Å². The van der Waals surface area contributed by atoms with Crippen LogP contribution in [0.1, 0.15) is 19.3 Å². The Balaban J connectivity index is 3.99. The molecule has 0 bridgehead atoms. The maximum atomic E-state index is 11.1. The van der Waals surface area contributed by atoms with Crippen molar-refractivity contribution in [2.24, 2.45) is 0 Å². The quantitative estimate of drug-likeness (QED) is 0.461. The average Bonchev–Trinajstić information content (AvgIpc) is 2.16. The molecule has 15 heavy (non-hydrogen) atoms. The van der Waals surface area contributed by atoms with Crippen LogP contribution in [-0.4, -0.2) is 36.7 Å². The van der Waals surface area contributed by atoms with E-state index in [1.54, 1.807) is 0 Å². The van der Waals surface area contributed by atoms with Crippen LogP contribution < -0.4 is 5.32 Å². The van der Waals surface area contributed by atoms with E-state index in [0.29, 0.717) is 19.3 Å². The normalized spacial score (nSPS) is 11.5. The van der Waals surface area contributed by atoms with Gasteiger partial charge < -0.3 is 15.2 Å². The zero-order chi connectivity index (χ0) is 11.7. The Bertz CT molecular complexity index is 257. The summed E-state index contributed by atoms with van der Waals surface area (Å²) in [6.07, 6.45) is 6.44. The molecule has 1 atom stereocenters. The van der Waals surface area contributed by atoms with Crippen molar-refractivity contribution in [1.82, 2.24) is 5.32 Å². The molecule has 0 fully saturated rings. The van der Waals surface area contributed by atoms with Gasteiger partial charge in [-0.2, -0.15) is 0 Å². The van der Waals surface area contributed by atoms with Gasteiger partial charge in [0.25, 0.3) is 0 Å². The third kappa shape index (κ3) is 6.52. The number of aliphatic carboxylic acids is 1. The highest BCUT2D eigenvalue weighted by Crippen LogP contribution is 2.00. The second kappa shape index (κ2) is 7.83. The molecule has 0 aromatic rings. The van der Waals surface area contributed by atoms with E-state index in [1.807, 2.05) is 0 Å². The number of carboxylic acids is 1. The number of ether oxygens (including phenoxy) is 1. The fourth-order valence-corrected chi connectivity index (χ4v) is 1.03. The molecule has 0 aliphatic heterocycles. The van der Waals surface area contributed by atoms with E-state index in [-0.39, 0.29) is 6.61 Å². The highest BCUT2D eigenvalue weighted by Gasteiger charge is 2.18. The fraction of sp³-hybridized carbons (Fsp3) is 0.600.